The molecule has 0 radical (unpaired) electrons. The molecule has 0 aliphatic rings. The van der Waals surface area contributed by atoms with Gasteiger partial charge in [0.15, 0.2) is 5.13 Å². The Labute approximate surface area is 116 Å². The highest BCUT2D eigenvalue weighted by Crippen LogP contribution is 2.16. The Morgan fingerprint density at radius 1 is 1.37 bits per heavy atom. The summed E-state index contributed by atoms with van der Waals surface area (Å²) in [6.07, 6.45) is 0.126. The standard InChI is InChI=1S/C12H18N2O4S/c1-12(2,3)18-10(16)6-13-11-14-8(7-19-11)5-9(15)17-4/h7H,5-6H2,1-4H3,(H,13,14). The molecule has 0 aliphatic heterocycles. The number of hydrogen-bond donors (Lipinski definition) is 1. The van der Waals surface area contributed by atoms with Crippen molar-refractivity contribution in [2.45, 2.75) is 32.8 Å². The van der Waals surface area contributed by atoms with Crippen LogP contribution < -0.4 is 5.32 Å². The van der Waals surface area contributed by atoms with Crippen LogP contribution >= 0.6 is 11.3 Å². The van der Waals surface area contributed by atoms with Gasteiger partial charge in [-0.1, -0.05) is 0 Å². The van der Waals surface area contributed by atoms with Crippen LogP contribution in [-0.4, -0.2) is 36.2 Å². The number of hydrogen-bond acceptors (Lipinski definition) is 7. The monoisotopic (exact) mass is 286 g/mol. The second-order valence-electron chi connectivity index (χ2n) is 4.84. The van der Waals surface area contributed by atoms with Gasteiger partial charge in [-0.15, -0.1) is 11.3 Å². The normalized spacial score (nSPS) is 10.9. The Balaban J connectivity index is 2.42. The van der Waals surface area contributed by atoms with E-state index in [2.05, 4.69) is 15.0 Å². The molecular weight excluding hydrogens is 268 g/mol. The zero-order valence-corrected chi connectivity index (χ0v) is 12.3. The fourth-order valence-corrected chi connectivity index (χ4v) is 1.92. The van der Waals surface area contributed by atoms with Gasteiger partial charge in [-0.25, -0.2) is 4.98 Å². The third kappa shape index (κ3) is 6.19. The van der Waals surface area contributed by atoms with Crippen LogP contribution in [0.2, 0.25) is 0 Å². The van der Waals surface area contributed by atoms with Crippen molar-refractivity contribution in [3.8, 4) is 0 Å². The highest BCUT2D eigenvalue weighted by Gasteiger charge is 2.16. The van der Waals surface area contributed by atoms with Crippen LogP contribution in [0.5, 0.6) is 0 Å². The van der Waals surface area contributed by atoms with E-state index in [1.165, 1.54) is 18.4 Å². The van der Waals surface area contributed by atoms with Crippen molar-refractivity contribution in [1.29, 1.82) is 0 Å². The average molecular weight is 286 g/mol. The van der Waals surface area contributed by atoms with Crippen LogP contribution in [0.3, 0.4) is 0 Å². The number of aromatic nitrogens is 1. The summed E-state index contributed by atoms with van der Waals surface area (Å²) >= 11 is 1.32. The molecule has 0 atom stereocenters. The van der Waals surface area contributed by atoms with Crippen LogP contribution in [0.25, 0.3) is 0 Å². The van der Waals surface area contributed by atoms with Crippen molar-refractivity contribution in [2.75, 3.05) is 19.0 Å². The fourth-order valence-electron chi connectivity index (χ4n) is 1.21. The van der Waals surface area contributed by atoms with Crippen molar-refractivity contribution in [3.05, 3.63) is 11.1 Å². The summed E-state index contributed by atoms with van der Waals surface area (Å²) in [6.45, 7) is 5.47. The van der Waals surface area contributed by atoms with Crippen molar-refractivity contribution in [1.82, 2.24) is 4.98 Å². The number of esters is 2. The van der Waals surface area contributed by atoms with Gasteiger partial charge in [0.1, 0.15) is 12.1 Å². The van der Waals surface area contributed by atoms with Crippen molar-refractivity contribution in [2.24, 2.45) is 0 Å². The van der Waals surface area contributed by atoms with Gasteiger partial charge >= 0.3 is 11.9 Å². The second-order valence-corrected chi connectivity index (χ2v) is 5.70. The molecule has 0 spiro atoms. The van der Waals surface area contributed by atoms with Gasteiger partial charge in [0.05, 0.1) is 19.2 Å². The molecule has 19 heavy (non-hydrogen) atoms. The summed E-state index contributed by atoms with van der Waals surface area (Å²) < 4.78 is 9.70. The van der Waals surface area contributed by atoms with Crippen molar-refractivity contribution >= 4 is 28.4 Å². The Morgan fingerprint density at radius 3 is 2.63 bits per heavy atom. The number of carbonyl (C=O) groups is 2. The Kier molecular flexibility index (Phi) is 5.29. The van der Waals surface area contributed by atoms with Gasteiger partial charge in [0.2, 0.25) is 0 Å². The Morgan fingerprint density at radius 2 is 2.05 bits per heavy atom. The first kappa shape index (κ1) is 15.4. The van der Waals surface area contributed by atoms with Gasteiger partial charge in [-0.2, -0.15) is 0 Å². The number of ether oxygens (including phenoxy) is 2. The molecule has 0 amide bonds. The highest BCUT2D eigenvalue weighted by molar-refractivity contribution is 7.13. The molecule has 0 unspecified atom stereocenters. The van der Waals surface area contributed by atoms with E-state index in [9.17, 15) is 9.59 Å². The molecule has 0 saturated carbocycles. The van der Waals surface area contributed by atoms with Gasteiger partial charge in [-0.3, -0.25) is 9.59 Å². The summed E-state index contributed by atoms with van der Waals surface area (Å²) in [5.41, 5.74) is 0.112. The summed E-state index contributed by atoms with van der Waals surface area (Å²) in [5.74, 6) is -0.693. The quantitative estimate of drug-likeness (QED) is 0.829. The molecule has 1 heterocycles. The molecule has 6 nitrogen and oxygen atoms in total. The summed E-state index contributed by atoms with van der Waals surface area (Å²) in [7, 11) is 1.33. The van der Waals surface area contributed by atoms with E-state index in [0.717, 1.165) is 0 Å². The molecule has 7 heteroatoms. The number of anilines is 1. The first-order chi connectivity index (χ1) is 8.80. The first-order valence-electron chi connectivity index (χ1n) is 5.77. The number of carbonyl (C=O) groups excluding carboxylic acids is 2. The zero-order valence-electron chi connectivity index (χ0n) is 11.5. The van der Waals surface area contributed by atoms with Crippen LogP contribution in [0.15, 0.2) is 5.38 Å². The molecule has 1 rings (SSSR count). The van der Waals surface area contributed by atoms with Crippen LogP contribution in [0, 0.1) is 0 Å². The number of nitrogens with zero attached hydrogens (tertiary/aromatic N) is 1. The third-order valence-corrected chi connectivity index (χ3v) is 2.76. The minimum Gasteiger partial charge on any atom is -0.469 e. The fraction of sp³-hybridized carbons (Fsp3) is 0.583. The number of nitrogens with one attached hydrogen (secondary N) is 1. The zero-order chi connectivity index (χ0) is 14.5. The third-order valence-electron chi connectivity index (χ3n) is 1.91. The van der Waals surface area contributed by atoms with E-state index < -0.39 is 5.60 Å². The highest BCUT2D eigenvalue weighted by atomic mass is 32.1. The molecular formula is C12H18N2O4S. The molecule has 1 N–H and O–H groups in total. The van der Waals surface area contributed by atoms with Crippen LogP contribution in [-0.2, 0) is 25.5 Å². The van der Waals surface area contributed by atoms with E-state index in [1.807, 2.05) is 20.8 Å². The van der Waals surface area contributed by atoms with E-state index in [0.29, 0.717) is 10.8 Å². The largest absolute Gasteiger partial charge is 0.469 e. The minimum atomic E-state index is -0.502. The van der Waals surface area contributed by atoms with Crippen molar-refractivity contribution < 1.29 is 19.1 Å². The Hall–Kier alpha value is -1.63. The lowest BCUT2D eigenvalue weighted by Gasteiger charge is -2.19. The van der Waals surface area contributed by atoms with Crippen LogP contribution in [0.1, 0.15) is 26.5 Å². The molecule has 0 fully saturated rings. The predicted octanol–water partition coefficient (Wildman–Crippen LogP) is 1.61. The summed E-state index contributed by atoms with van der Waals surface area (Å²) in [5, 5.41) is 5.18. The topological polar surface area (TPSA) is 77.5 Å². The molecule has 0 aromatic carbocycles. The SMILES string of the molecule is COC(=O)Cc1csc(NCC(=O)OC(C)(C)C)n1. The maximum atomic E-state index is 11.5. The van der Waals surface area contributed by atoms with E-state index >= 15 is 0 Å². The van der Waals surface area contributed by atoms with Crippen molar-refractivity contribution in [3.63, 3.8) is 0 Å². The van der Waals surface area contributed by atoms with Gasteiger partial charge in [0.25, 0.3) is 0 Å². The predicted molar refractivity (Wildman–Crippen MR) is 72.2 cm³/mol. The minimum absolute atomic E-state index is 0.0441. The molecule has 0 bridgehead atoms. The maximum Gasteiger partial charge on any atom is 0.325 e. The second kappa shape index (κ2) is 6.51. The van der Waals surface area contributed by atoms with E-state index in [-0.39, 0.29) is 24.9 Å². The van der Waals surface area contributed by atoms with Gasteiger partial charge < -0.3 is 14.8 Å². The molecule has 1 aromatic rings. The van der Waals surface area contributed by atoms with Crippen LogP contribution in [0.4, 0.5) is 5.13 Å². The number of methoxy groups -OCH3 is 1. The molecule has 0 aliphatic carbocycles. The summed E-state index contributed by atoms with van der Waals surface area (Å²) in [6, 6.07) is 0. The smallest absolute Gasteiger partial charge is 0.325 e. The molecule has 1 aromatic heterocycles. The lowest BCUT2D eigenvalue weighted by molar-refractivity contribution is -0.152. The maximum absolute atomic E-state index is 11.5. The lowest BCUT2D eigenvalue weighted by Crippen LogP contribution is -2.28. The van der Waals surface area contributed by atoms with Gasteiger partial charge in [0, 0.05) is 5.38 Å². The van der Waals surface area contributed by atoms with Gasteiger partial charge in [-0.05, 0) is 20.8 Å². The van der Waals surface area contributed by atoms with E-state index in [4.69, 9.17) is 4.74 Å². The molecule has 106 valence electrons. The summed E-state index contributed by atoms with van der Waals surface area (Å²) in [4.78, 5) is 26.7. The number of thiazole rings is 1. The number of rotatable bonds is 5. The van der Waals surface area contributed by atoms with E-state index in [1.54, 1.807) is 5.38 Å². The first-order valence-corrected chi connectivity index (χ1v) is 6.65. The lowest BCUT2D eigenvalue weighted by atomic mass is 10.2. The average Bonchev–Trinajstić information content (AvgIpc) is 2.71. The molecule has 0 saturated heterocycles. The Bertz CT molecular complexity index is 451.